The first kappa shape index (κ1) is 8.09. The van der Waals surface area contributed by atoms with Crippen LogP contribution >= 0.6 is 0 Å². The highest BCUT2D eigenvalue weighted by atomic mass is 15.6. The second-order valence-electron chi connectivity index (χ2n) is 1.13. The van der Waals surface area contributed by atoms with Gasteiger partial charge in [-0.3, -0.25) is 0 Å². The van der Waals surface area contributed by atoms with Crippen LogP contribution in [-0.4, -0.2) is 27.7 Å². The standard InChI is InChI=1S/C3H8BN5/c1-5-7-3(4)8-9-6-2/h6,9H,1-2H3. The molecule has 0 fully saturated rings. The fourth-order valence-electron chi connectivity index (χ4n) is 0.238. The highest BCUT2D eigenvalue weighted by Crippen LogP contribution is 1.70. The van der Waals surface area contributed by atoms with E-state index in [2.05, 4.69) is 26.3 Å². The zero-order chi connectivity index (χ0) is 7.11. The Morgan fingerprint density at radius 1 is 1.56 bits per heavy atom. The van der Waals surface area contributed by atoms with E-state index < -0.39 is 0 Å². The smallest absolute Gasteiger partial charge is 0.175 e. The van der Waals surface area contributed by atoms with Gasteiger partial charge in [0.25, 0.3) is 0 Å². The topological polar surface area (TPSA) is 61.1 Å². The van der Waals surface area contributed by atoms with Gasteiger partial charge in [0.05, 0.1) is 0 Å². The predicted octanol–water partition coefficient (Wildman–Crippen LogP) is -0.768. The Hall–Kier alpha value is -0.905. The van der Waals surface area contributed by atoms with Crippen LogP contribution in [0.5, 0.6) is 0 Å². The molecule has 2 radical (unpaired) electrons. The minimum absolute atomic E-state index is 0.0897. The van der Waals surface area contributed by atoms with Gasteiger partial charge in [0.2, 0.25) is 0 Å². The summed E-state index contributed by atoms with van der Waals surface area (Å²) in [6, 6.07) is 0. The normalized spacial score (nSPS) is 12.4. The van der Waals surface area contributed by atoms with E-state index in [-0.39, 0.29) is 5.73 Å². The first-order valence-electron chi connectivity index (χ1n) is 2.36. The molecule has 0 spiro atoms. The van der Waals surface area contributed by atoms with E-state index >= 15 is 0 Å². The number of hydrogen-bond acceptors (Lipinski definition) is 4. The number of hydrazine groups is 1. The van der Waals surface area contributed by atoms with Gasteiger partial charge in [-0.2, -0.15) is 15.3 Å². The van der Waals surface area contributed by atoms with Gasteiger partial charge in [-0.25, -0.2) is 11.0 Å². The second-order valence-corrected chi connectivity index (χ2v) is 1.13. The third-order valence-electron chi connectivity index (χ3n) is 0.485. The molecular weight excluding hydrogens is 117 g/mol. The summed E-state index contributed by atoms with van der Waals surface area (Å²) < 4.78 is 0. The number of azo groups is 1. The minimum atomic E-state index is 0.0897. The van der Waals surface area contributed by atoms with Crippen LogP contribution in [-0.2, 0) is 0 Å². The lowest BCUT2D eigenvalue weighted by molar-refractivity contribution is 0.633. The van der Waals surface area contributed by atoms with Gasteiger partial charge in [0.1, 0.15) is 5.73 Å². The van der Waals surface area contributed by atoms with Crippen LogP contribution in [0.2, 0.25) is 0 Å². The van der Waals surface area contributed by atoms with Crippen LogP contribution < -0.4 is 11.0 Å². The second kappa shape index (κ2) is 5.24. The number of rotatable bonds is 2. The quantitative estimate of drug-likeness (QED) is 0.167. The molecule has 0 saturated heterocycles. The van der Waals surface area contributed by atoms with Crippen molar-refractivity contribution in [1.82, 2.24) is 11.0 Å². The van der Waals surface area contributed by atoms with Crippen LogP contribution in [0, 0.1) is 0 Å². The molecule has 0 bridgehead atoms. The van der Waals surface area contributed by atoms with E-state index in [0.29, 0.717) is 0 Å². The van der Waals surface area contributed by atoms with Crippen molar-refractivity contribution in [2.24, 2.45) is 15.3 Å². The van der Waals surface area contributed by atoms with Crippen LogP contribution in [0.15, 0.2) is 15.3 Å². The molecule has 0 rings (SSSR count). The van der Waals surface area contributed by atoms with Gasteiger partial charge in [-0.1, -0.05) is 0 Å². The van der Waals surface area contributed by atoms with Crippen molar-refractivity contribution in [3.63, 3.8) is 0 Å². The Bertz CT molecular complexity index is 119. The Balaban J connectivity index is 3.55. The SMILES string of the molecule is [B]C(N=NC)=NNNC. The van der Waals surface area contributed by atoms with Crippen LogP contribution in [0.3, 0.4) is 0 Å². The number of hydrazone groups is 1. The Morgan fingerprint density at radius 3 is 2.67 bits per heavy atom. The molecule has 0 aromatic carbocycles. The van der Waals surface area contributed by atoms with Crippen molar-refractivity contribution < 1.29 is 0 Å². The molecule has 0 aliphatic heterocycles. The fraction of sp³-hybridized carbons (Fsp3) is 0.667. The van der Waals surface area contributed by atoms with Gasteiger partial charge in [-0.15, -0.1) is 0 Å². The molecule has 0 unspecified atom stereocenters. The third kappa shape index (κ3) is 4.96. The molecule has 0 heterocycles. The summed E-state index contributed by atoms with van der Waals surface area (Å²) in [7, 11) is 8.34. The van der Waals surface area contributed by atoms with Crippen molar-refractivity contribution in [2.75, 3.05) is 14.1 Å². The Morgan fingerprint density at radius 2 is 2.22 bits per heavy atom. The molecule has 0 amide bonds. The van der Waals surface area contributed by atoms with Crippen molar-refractivity contribution in [2.45, 2.75) is 0 Å². The third-order valence-corrected chi connectivity index (χ3v) is 0.485. The summed E-state index contributed by atoms with van der Waals surface area (Å²) in [5.74, 6) is 0. The van der Waals surface area contributed by atoms with Gasteiger partial charge in [0, 0.05) is 14.1 Å². The Labute approximate surface area is 55.0 Å². The summed E-state index contributed by atoms with van der Waals surface area (Å²) >= 11 is 0. The summed E-state index contributed by atoms with van der Waals surface area (Å²) in [4.78, 5) is 0. The molecule has 0 aromatic rings. The Kier molecular flexibility index (Phi) is 4.71. The zero-order valence-corrected chi connectivity index (χ0v) is 5.42. The number of amidine groups is 1. The average molecular weight is 125 g/mol. The summed E-state index contributed by atoms with van der Waals surface area (Å²) in [6.07, 6.45) is 0. The predicted molar refractivity (Wildman–Crippen MR) is 36.2 cm³/mol. The molecule has 48 valence electrons. The van der Waals surface area contributed by atoms with Gasteiger partial charge < -0.3 is 0 Å². The van der Waals surface area contributed by atoms with Crippen LogP contribution in [0.25, 0.3) is 0 Å². The van der Waals surface area contributed by atoms with Crippen LogP contribution in [0.1, 0.15) is 0 Å². The van der Waals surface area contributed by atoms with Crippen LogP contribution in [0.4, 0.5) is 0 Å². The highest BCUT2D eigenvalue weighted by molar-refractivity contribution is 6.59. The van der Waals surface area contributed by atoms with Crippen molar-refractivity contribution in [1.29, 1.82) is 0 Å². The van der Waals surface area contributed by atoms with E-state index in [1.807, 2.05) is 0 Å². The molecule has 0 aromatic heterocycles. The number of nitrogens with zero attached hydrogens (tertiary/aromatic N) is 3. The molecule has 9 heavy (non-hydrogen) atoms. The van der Waals surface area contributed by atoms with E-state index in [4.69, 9.17) is 7.85 Å². The lowest BCUT2D eigenvalue weighted by Gasteiger charge is -1.93. The van der Waals surface area contributed by atoms with E-state index in [1.165, 1.54) is 7.05 Å². The largest absolute Gasteiger partial charge is 0.242 e. The maximum Gasteiger partial charge on any atom is 0.175 e. The molecule has 0 saturated carbocycles. The van der Waals surface area contributed by atoms with Gasteiger partial charge in [0.15, 0.2) is 7.85 Å². The fourth-order valence-corrected chi connectivity index (χ4v) is 0.238. The maximum atomic E-state index is 5.16. The van der Waals surface area contributed by atoms with E-state index in [1.54, 1.807) is 7.05 Å². The van der Waals surface area contributed by atoms with E-state index in [9.17, 15) is 0 Å². The summed E-state index contributed by atoms with van der Waals surface area (Å²) in [6.45, 7) is 0. The van der Waals surface area contributed by atoms with Gasteiger partial charge in [-0.05, 0) is 0 Å². The van der Waals surface area contributed by atoms with Crippen molar-refractivity contribution >= 4 is 13.6 Å². The first-order chi connectivity index (χ1) is 4.31. The minimum Gasteiger partial charge on any atom is -0.242 e. The van der Waals surface area contributed by atoms with Crippen molar-refractivity contribution in [3.8, 4) is 0 Å². The molecule has 6 heteroatoms. The van der Waals surface area contributed by atoms with Crippen molar-refractivity contribution in [3.05, 3.63) is 0 Å². The molecule has 0 aliphatic carbocycles. The summed E-state index contributed by atoms with van der Waals surface area (Å²) in [5.41, 5.74) is 5.02. The molecule has 0 atom stereocenters. The monoisotopic (exact) mass is 125 g/mol. The lowest BCUT2D eigenvalue weighted by Crippen LogP contribution is -2.22. The van der Waals surface area contributed by atoms with E-state index in [0.717, 1.165) is 0 Å². The lowest BCUT2D eigenvalue weighted by atomic mass is 10.1. The number of nitrogens with one attached hydrogen (secondary N) is 2. The highest BCUT2D eigenvalue weighted by Gasteiger charge is 1.79. The molecule has 0 aliphatic rings. The number of hydrogen-bond donors (Lipinski definition) is 2. The maximum absolute atomic E-state index is 5.16. The molecule has 5 nitrogen and oxygen atoms in total. The first-order valence-corrected chi connectivity index (χ1v) is 2.36. The zero-order valence-electron chi connectivity index (χ0n) is 5.42. The average Bonchev–Trinajstić information content (AvgIpc) is 1.85. The molecule has 2 N–H and O–H groups in total. The summed E-state index contributed by atoms with van der Waals surface area (Å²) in [5, 5.41) is 10.3. The van der Waals surface area contributed by atoms with Gasteiger partial charge >= 0.3 is 0 Å². The molecular formula is C3H8BN5.